The lowest BCUT2D eigenvalue weighted by Gasteiger charge is -2.23. The van der Waals surface area contributed by atoms with Crippen LogP contribution in [-0.4, -0.2) is 26.2 Å². The summed E-state index contributed by atoms with van der Waals surface area (Å²) >= 11 is 0. The van der Waals surface area contributed by atoms with Crippen LogP contribution in [0.2, 0.25) is 0 Å². The first-order valence-electron chi connectivity index (χ1n) is 8.52. The first-order chi connectivity index (χ1) is 12.5. The third-order valence-corrected chi connectivity index (χ3v) is 6.13. The van der Waals surface area contributed by atoms with Crippen LogP contribution in [0, 0.1) is 0 Å². The second kappa shape index (κ2) is 6.28. The summed E-state index contributed by atoms with van der Waals surface area (Å²) in [5.74, 6) is 0.869. The van der Waals surface area contributed by atoms with Crippen molar-refractivity contribution < 1.29 is 17.6 Å². The molecular weight excluding hydrogens is 354 g/mol. The van der Waals surface area contributed by atoms with Crippen LogP contribution in [0.1, 0.15) is 42.7 Å². The SMILES string of the molecule is C[C@H](N=C1NS(=O)(=O)c2ccccc21)C(=O)NC1CCCc2occc21. The van der Waals surface area contributed by atoms with E-state index in [1.807, 2.05) is 6.07 Å². The van der Waals surface area contributed by atoms with Gasteiger partial charge in [0.1, 0.15) is 17.6 Å². The molecule has 1 aromatic heterocycles. The van der Waals surface area contributed by atoms with Gasteiger partial charge in [0.25, 0.3) is 10.0 Å². The lowest BCUT2D eigenvalue weighted by molar-refractivity contribution is -0.122. The molecule has 1 aromatic carbocycles. The molecule has 26 heavy (non-hydrogen) atoms. The second-order valence-corrected chi connectivity index (χ2v) is 8.16. The van der Waals surface area contributed by atoms with Crippen LogP contribution in [-0.2, 0) is 21.2 Å². The zero-order chi connectivity index (χ0) is 18.3. The molecule has 2 aliphatic rings. The van der Waals surface area contributed by atoms with Gasteiger partial charge in [0.2, 0.25) is 5.91 Å². The quantitative estimate of drug-likeness (QED) is 0.858. The van der Waals surface area contributed by atoms with Gasteiger partial charge in [-0.05, 0) is 38.0 Å². The predicted molar refractivity (Wildman–Crippen MR) is 95.3 cm³/mol. The Morgan fingerprint density at radius 3 is 3.00 bits per heavy atom. The minimum absolute atomic E-state index is 0.0970. The van der Waals surface area contributed by atoms with Crippen LogP contribution in [0.3, 0.4) is 0 Å². The van der Waals surface area contributed by atoms with Crippen LogP contribution in [0.5, 0.6) is 0 Å². The number of aliphatic imine (C=N–C) groups is 1. The molecule has 136 valence electrons. The van der Waals surface area contributed by atoms with Crippen molar-refractivity contribution in [1.29, 1.82) is 0 Å². The summed E-state index contributed by atoms with van der Waals surface area (Å²) in [6.07, 6.45) is 4.31. The lowest BCUT2D eigenvalue weighted by atomic mass is 9.93. The Bertz CT molecular complexity index is 993. The van der Waals surface area contributed by atoms with Gasteiger partial charge in [-0.25, -0.2) is 8.42 Å². The largest absolute Gasteiger partial charge is 0.469 e. The minimum Gasteiger partial charge on any atom is -0.469 e. The van der Waals surface area contributed by atoms with E-state index in [1.54, 1.807) is 31.4 Å². The average molecular weight is 373 g/mol. The zero-order valence-corrected chi connectivity index (χ0v) is 15.0. The van der Waals surface area contributed by atoms with Crippen molar-refractivity contribution in [1.82, 2.24) is 10.0 Å². The van der Waals surface area contributed by atoms with E-state index in [0.717, 1.165) is 30.6 Å². The van der Waals surface area contributed by atoms with Crippen molar-refractivity contribution in [3.05, 3.63) is 53.5 Å². The molecule has 0 radical (unpaired) electrons. The third-order valence-electron chi connectivity index (χ3n) is 4.73. The molecule has 4 rings (SSSR count). The van der Waals surface area contributed by atoms with E-state index in [2.05, 4.69) is 15.0 Å². The van der Waals surface area contributed by atoms with Crippen molar-refractivity contribution in [3.63, 3.8) is 0 Å². The van der Waals surface area contributed by atoms with Gasteiger partial charge in [-0.2, -0.15) is 0 Å². The fourth-order valence-electron chi connectivity index (χ4n) is 3.41. The number of nitrogens with zero attached hydrogens (tertiary/aromatic N) is 1. The Morgan fingerprint density at radius 1 is 1.35 bits per heavy atom. The summed E-state index contributed by atoms with van der Waals surface area (Å²) in [5, 5.41) is 3.00. The monoisotopic (exact) mass is 373 g/mol. The molecule has 1 unspecified atom stereocenters. The Hall–Kier alpha value is -2.61. The van der Waals surface area contributed by atoms with Gasteiger partial charge < -0.3 is 9.73 Å². The van der Waals surface area contributed by atoms with Gasteiger partial charge in [-0.3, -0.25) is 14.5 Å². The van der Waals surface area contributed by atoms with E-state index in [4.69, 9.17) is 4.42 Å². The van der Waals surface area contributed by atoms with Gasteiger partial charge in [-0.1, -0.05) is 12.1 Å². The summed E-state index contributed by atoms with van der Waals surface area (Å²) in [5.41, 5.74) is 1.50. The number of carbonyl (C=O) groups is 1. The molecule has 0 fully saturated rings. The number of carbonyl (C=O) groups excluding carboxylic acids is 1. The fourth-order valence-corrected chi connectivity index (χ4v) is 4.65. The Morgan fingerprint density at radius 2 is 2.15 bits per heavy atom. The number of nitrogens with one attached hydrogen (secondary N) is 2. The molecule has 1 aliphatic heterocycles. The standard InChI is InChI=1S/C18H19N3O4S/c1-11(18(22)20-14-6-4-7-15-12(14)9-10-25-15)19-17-13-5-2-3-8-16(13)26(23,24)21-17/h2-3,5,8-11,14H,4,6-7H2,1H3,(H,19,21)(H,20,22)/t11-,14?/m0/s1. The Balaban J connectivity index is 1.53. The highest BCUT2D eigenvalue weighted by molar-refractivity contribution is 7.90. The van der Waals surface area contributed by atoms with E-state index in [1.165, 1.54) is 6.07 Å². The highest BCUT2D eigenvalue weighted by atomic mass is 32.2. The van der Waals surface area contributed by atoms with Crippen LogP contribution < -0.4 is 10.0 Å². The molecule has 1 aliphatic carbocycles. The molecule has 0 bridgehead atoms. The van der Waals surface area contributed by atoms with E-state index in [-0.39, 0.29) is 22.7 Å². The van der Waals surface area contributed by atoms with Gasteiger partial charge >= 0.3 is 0 Å². The van der Waals surface area contributed by atoms with Crippen molar-refractivity contribution in [2.45, 2.75) is 43.2 Å². The molecule has 0 saturated heterocycles. The molecule has 1 amide bonds. The smallest absolute Gasteiger partial charge is 0.263 e. The summed E-state index contributed by atoms with van der Waals surface area (Å²) in [6, 6.07) is 7.66. The second-order valence-electron chi connectivity index (χ2n) is 6.51. The first kappa shape index (κ1) is 16.8. The van der Waals surface area contributed by atoms with E-state index in [0.29, 0.717) is 5.56 Å². The minimum atomic E-state index is -3.61. The van der Waals surface area contributed by atoms with Crippen LogP contribution in [0.4, 0.5) is 0 Å². The summed E-state index contributed by atoms with van der Waals surface area (Å²) in [6.45, 7) is 1.65. The van der Waals surface area contributed by atoms with Crippen molar-refractivity contribution >= 4 is 21.8 Å². The molecule has 8 heteroatoms. The normalized spacial score (nSPS) is 23.0. The maximum absolute atomic E-state index is 12.6. The molecule has 0 saturated carbocycles. The van der Waals surface area contributed by atoms with E-state index in [9.17, 15) is 13.2 Å². The van der Waals surface area contributed by atoms with E-state index >= 15 is 0 Å². The summed E-state index contributed by atoms with van der Waals surface area (Å²) < 4.78 is 32.1. The maximum Gasteiger partial charge on any atom is 0.263 e. The van der Waals surface area contributed by atoms with Crippen molar-refractivity contribution in [2.75, 3.05) is 0 Å². The third kappa shape index (κ3) is 2.90. The number of benzene rings is 1. The number of amidine groups is 1. The molecule has 7 nitrogen and oxygen atoms in total. The predicted octanol–water partition coefficient (Wildman–Crippen LogP) is 1.90. The van der Waals surface area contributed by atoms with Gasteiger partial charge in [0, 0.05) is 17.5 Å². The summed E-state index contributed by atoms with van der Waals surface area (Å²) in [4.78, 5) is 17.1. The zero-order valence-electron chi connectivity index (χ0n) is 14.2. The number of sulfonamides is 1. The fraction of sp³-hybridized carbons (Fsp3) is 0.333. The van der Waals surface area contributed by atoms with Crippen LogP contribution >= 0.6 is 0 Å². The average Bonchev–Trinajstić information content (AvgIpc) is 3.19. The van der Waals surface area contributed by atoms with Crippen LogP contribution in [0.15, 0.2) is 50.9 Å². The van der Waals surface area contributed by atoms with E-state index < -0.39 is 16.1 Å². The highest BCUT2D eigenvalue weighted by Gasteiger charge is 2.31. The topological polar surface area (TPSA) is 101 Å². The van der Waals surface area contributed by atoms with Crippen molar-refractivity contribution in [2.24, 2.45) is 4.99 Å². The number of furan rings is 1. The lowest BCUT2D eigenvalue weighted by Crippen LogP contribution is -2.37. The molecule has 2 aromatic rings. The number of hydrogen-bond acceptors (Lipinski definition) is 5. The molecular formula is C18H19N3O4S. The van der Waals surface area contributed by atoms with Crippen molar-refractivity contribution in [3.8, 4) is 0 Å². The maximum atomic E-state index is 12.6. The summed E-state index contributed by atoms with van der Waals surface area (Å²) in [7, 11) is -3.61. The number of fused-ring (bicyclic) bond motifs is 2. The first-order valence-corrected chi connectivity index (χ1v) is 10.0. The number of hydrogen-bond donors (Lipinski definition) is 2. The Labute approximate surface area is 151 Å². The number of rotatable bonds is 3. The van der Waals surface area contributed by atoms with Gasteiger partial charge in [0.05, 0.1) is 17.2 Å². The van der Waals surface area contributed by atoms with Gasteiger partial charge in [-0.15, -0.1) is 0 Å². The number of amides is 1. The number of aryl methyl sites for hydroxylation is 1. The van der Waals surface area contributed by atoms with Crippen LogP contribution in [0.25, 0.3) is 0 Å². The molecule has 2 atom stereocenters. The highest BCUT2D eigenvalue weighted by Crippen LogP contribution is 2.30. The molecule has 2 heterocycles. The molecule has 2 N–H and O–H groups in total. The molecule has 0 spiro atoms. The van der Waals surface area contributed by atoms with Gasteiger partial charge in [0.15, 0.2) is 0 Å². The Kier molecular flexibility index (Phi) is 4.07.